The van der Waals surface area contributed by atoms with E-state index in [1.54, 1.807) is 0 Å². The summed E-state index contributed by atoms with van der Waals surface area (Å²) in [5.41, 5.74) is 7.93. The molecule has 39 heavy (non-hydrogen) atoms. The standard InChI is InChI=1S/C24H20N2OS.C7H12.C4H10/c1-13-12-28-21(25-13)26-20(27)22(2)11-18-14-7-3-4-8-15(14)19-23(24(18,19)22)16-9-5-6-10-17(16)23;1-4-5-6-7(2)3;1-3-4-2/h3-10,12,18-19H,11H2,1-2H3,(H,25,26,27);4-6H,1-3H3;3-4H2,1-2H3/b;5-4-;. The highest BCUT2D eigenvalue weighted by Gasteiger charge is 2.98. The summed E-state index contributed by atoms with van der Waals surface area (Å²) in [4.78, 5) is 18.0. The van der Waals surface area contributed by atoms with Crippen molar-refractivity contribution >= 4 is 22.4 Å². The molecule has 4 aliphatic carbocycles. The van der Waals surface area contributed by atoms with Crippen molar-refractivity contribution in [2.45, 2.75) is 85.0 Å². The molecular formula is C35H42N2OS. The van der Waals surface area contributed by atoms with Crippen LogP contribution in [0, 0.1) is 17.8 Å². The lowest BCUT2D eigenvalue weighted by molar-refractivity contribution is -0.140. The van der Waals surface area contributed by atoms with Crippen molar-refractivity contribution in [3.8, 4) is 0 Å². The lowest BCUT2D eigenvalue weighted by Crippen LogP contribution is -2.55. The average Bonchev–Trinajstić information content (AvgIpc) is 3.70. The largest absolute Gasteiger partial charge is 0.301 e. The number of rotatable bonds is 4. The Morgan fingerprint density at radius 2 is 1.67 bits per heavy atom. The third kappa shape index (κ3) is 3.82. The minimum absolute atomic E-state index is 0.00373. The van der Waals surface area contributed by atoms with Crippen molar-refractivity contribution in [3.63, 3.8) is 0 Å². The molecule has 7 rings (SSSR count). The first-order valence-electron chi connectivity index (χ1n) is 14.4. The van der Waals surface area contributed by atoms with Crippen molar-refractivity contribution < 1.29 is 4.79 Å². The van der Waals surface area contributed by atoms with Gasteiger partial charge < -0.3 is 5.32 Å². The van der Waals surface area contributed by atoms with Crippen molar-refractivity contribution in [2.75, 3.05) is 5.32 Å². The van der Waals surface area contributed by atoms with Crippen LogP contribution in [-0.2, 0) is 10.2 Å². The van der Waals surface area contributed by atoms with Gasteiger partial charge in [0.05, 0.1) is 11.1 Å². The molecular weight excluding hydrogens is 496 g/mol. The van der Waals surface area contributed by atoms with Gasteiger partial charge in [0.2, 0.25) is 5.91 Å². The number of hydrogen-bond acceptors (Lipinski definition) is 3. The number of aryl methyl sites for hydroxylation is 1. The highest BCUT2D eigenvalue weighted by Crippen LogP contribution is 3.01. The molecule has 2 fully saturated rings. The SMILES string of the molecule is C/C=C\C=C(C)C.CCCC.Cc1csc(NC(=O)C2(C)CC3c4ccccc4C4C5(c6ccccc65)C342)n1. The lowest BCUT2D eigenvalue weighted by atomic mass is 9.49. The molecule has 4 aliphatic rings. The van der Waals surface area contributed by atoms with E-state index >= 15 is 0 Å². The van der Waals surface area contributed by atoms with E-state index in [2.05, 4.69) is 99.5 Å². The Balaban J connectivity index is 0.000000241. The molecule has 1 amide bonds. The normalized spacial score (nSPS) is 26.8. The molecule has 1 aromatic heterocycles. The van der Waals surface area contributed by atoms with Gasteiger partial charge in [-0.1, -0.05) is 106 Å². The molecule has 204 valence electrons. The predicted octanol–water partition coefficient (Wildman–Crippen LogP) is 9.32. The maximum absolute atomic E-state index is 13.6. The molecule has 2 aromatic carbocycles. The van der Waals surface area contributed by atoms with E-state index in [9.17, 15) is 4.79 Å². The molecule has 0 aliphatic heterocycles. The van der Waals surface area contributed by atoms with Crippen LogP contribution in [0.15, 0.2) is 77.7 Å². The van der Waals surface area contributed by atoms with E-state index in [0.29, 0.717) is 11.8 Å². The van der Waals surface area contributed by atoms with Crippen LogP contribution in [-0.4, -0.2) is 10.9 Å². The molecule has 2 spiro atoms. The van der Waals surface area contributed by atoms with E-state index in [-0.39, 0.29) is 22.2 Å². The van der Waals surface area contributed by atoms with Crippen LogP contribution >= 0.6 is 11.3 Å². The van der Waals surface area contributed by atoms with Gasteiger partial charge in [0, 0.05) is 22.1 Å². The van der Waals surface area contributed by atoms with Gasteiger partial charge in [-0.25, -0.2) is 4.98 Å². The number of fused-ring (bicyclic) bond motifs is 7. The number of nitrogens with zero attached hydrogens (tertiary/aromatic N) is 1. The number of carbonyl (C=O) groups is 1. The Labute approximate surface area is 238 Å². The maximum atomic E-state index is 13.6. The second kappa shape index (κ2) is 10.2. The van der Waals surface area contributed by atoms with Crippen molar-refractivity contribution in [2.24, 2.45) is 10.8 Å². The minimum Gasteiger partial charge on any atom is -0.301 e. The van der Waals surface area contributed by atoms with E-state index in [1.807, 2.05) is 31.4 Å². The molecule has 0 bridgehead atoms. The summed E-state index contributed by atoms with van der Waals surface area (Å²) in [7, 11) is 0. The van der Waals surface area contributed by atoms with Gasteiger partial charge in [-0.2, -0.15) is 0 Å². The molecule has 4 atom stereocenters. The number of thiazole rings is 1. The van der Waals surface area contributed by atoms with E-state index in [4.69, 9.17) is 0 Å². The number of hydrogen-bond donors (Lipinski definition) is 1. The first kappa shape index (κ1) is 27.6. The molecule has 4 heteroatoms. The summed E-state index contributed by atoms with van der Waals surface area (Å²) in [6.07, 6.45) is 9.70. The number of unbranched alkanes of at least 4 members (excludes halogenated alkanes) is 1. The molecule has 2 saturated carbocycles. The fourth-order valence-corrected chi connectivity index (χ4v) is 8.38. The zero-order chi connectivity index (χ0) is 28.0. The third-order valence-corrected chi connectivity index (χ3v) is 10.3. The van der Waals surface area contributed by atoms with E-state index < -0.39 is 0 Å². The van der Waals surface area contributed by atoms with Gasteiger partial charge in [0.25, 0.3) is 0 Å². The number of nitrogens with one attached hydrogen (secondary N) is 1. The Morgan fingerprint density at radius 1 is 1.05 bits per heavy atom. The van der Waals surface area contributed by atoms with Gasteiger partial charge in [0.1, 0.15) is 0 Å². The van der Waals surface area contributed by atoms with Crippen molar-refractivity contribution in [1.29, 1.82) is 0 Å². The zero-order valence-electron chi connectivity index (χ0n) is 24.5. The fraction of sp³-hybridized carbons (Fsp3) is 0.429. The fourth-order valence-electron chi connectivity index (χ4n) is 7.70. The summed E-state index contributed by atoms with van der Waals surface area (Å²) in [6, 6.07) is 17.8. The van der Waals surface area contributed by atoms with Crippen molar-refractivity contribution in [1.82, 2.24) is 4.98 Å². The minimum atomic E-state index is -0.375. The second-order valence-corrected chi connectivity index (χ2v) is 12.7. The Bertz CT molecular complexity index is 1420. The van der Waals surface area contributed by atoms with Gasteiger partial charge in [-0.15, -0.1) is 11.3 Å². The summed E-state index contributed by atoms with van der Waals surface area (Å²) in [5.74, 6) is 1.07. The van der Waals surface area contributed by atoms with Crippen LogP contribution in [0.4, 0.5) is 5.13 Å². The van der Waals surface area contributed by atoms with Gasteiger partial charge in [-0.3, -0.25) is 4.79 Å². The topological polar surface area (TPSA) is 42.0 Å². The average molecular weight is 539 g/mol. The second-order valence-electron chi connectivity index (χ2n) is 11.9. The third-order valence-electron chi connectivity index (χ3n) is 9.39. The summed E-state index contributed by atoms with van der Waals surface area (Å²) >= 11 is 1.51. The summed E-state index contributed by atoms with van der Waals surface area (Å²) in [6.45, 7) is 14.7. The van der Waals surface area contributed by atoms with Crippen molar-refractivity contribution in [3.05, 3.63) is 106 Å². The van der Waals surface area contributed by atoms with Crippen LogP contribution in [0.3, 0.4) is 0 Å². The van der Waals surface area contributed by atoms with Crippen LogP contribution in [0.5, 0.6) is 0 Å². The number of aromatic nitrogens is 1. The summed E-state index contributed by atoms with van der Waals surface area (Å²) in [5, 5.41) is 5.87. The number of carbonyl (C=O) groups excluding carboxylic acids is 1. The van der Waals surface area contributed by atoms with Gasteiger partial charge in [-0.05, 0) is 62.3 Å². The number of benzene rings is 2. The molecule has 4 unspecified atom stereocenters. The van der Waals surface area contributed by atoms with Gasteiger partial charge in [0.15, 0.2) is 5.13 Å². The summed E-state index contributed by atoms with van der Waals surface area (Å²) < 4.78 is 0. The molecule has 3 nitrogen and oxygen atoms in total. The number of allylic oxidation sites excluding steroid dienone is 4. The van der Waals surface area contributed by atoms with Crippen LogP contribution < -0.4 is 5.32 Å². The van der Waals surface area contributed by atoms with Gasteiger partial charge >= 0.3 is 0 Å². The monoisotopic (exact) mass is 538 g/mol. The molecule has 1 heterocycles. The maximum Gasteiger partial charge on any atom is 0.232 e. The van der Waals surface area contributed by atoms with E-state index in [1.165, 1.54) is 52.0 Å². The Morgan fingerprint density at radius 3 is 2.18 bits per heavy atom. The molecule has 3 aromatic rings. The van der Waals surface area contributed by atoms with E-state index in [0.717, 1.165) is 17.2 Å². The lowest BCUT2D eigenvalue weighted by Gasteiger charge is -2.53. The smallest absolute Gasteiger partial charge is 0.232 e. The zero-order valence-corrected chi connectivity index (χ0v) is 25.3. The Kier molecular flexibility index (Phi) is 7.22. The van der Waals surface area contributed by atoms with Crippen LogP contribution in [0.2, 0.25) is 0 Å². The first-order chi connectivity index (χ1) is 18.7. The predicted molar refractivity (Wildman–Crippen MR) is 165 cm³/mol. The highest BCUT2D eigenvalue weighted by atomic mass is 32.1. The number of anilines is 1. The highest BCUT2D eigenvalue weighted by molar-refractivity contribution is 7.13. The van der Waals surface area contributed by atoms with Crippen LogP contribution in [0.25, 0.3) is 0 Å². The Hall–Kier alpha value is -2.98. The quantitative estimate of drug-likeness (QED) is 0.336. The molecule has 0 radical (unpaired) electrons. The molecule has 1 N–H and O–H groups in total. The first-order valence-corrected chi connectivity index (χ1v) is 15.3. The number of amides is 1. The molecule has 0 saturated heterocycles. The van der Waals surface area contributed by atoms with Crippen LogP contribution in [0.1, 0.15) is 101 Å².